The summed E-state index contributed by atoms with van der Waals surface area (Å²) in [5.41, 5.74) is 0.375. The molecule has 6 nitrogen and oxygen atoms in total. The number of carbonyl (C=O) groups is 1. The Morgan fingerprint density at radius 3 is 2.60 bits per heavy atom. The fraction of sp³-hybridized carbons (Fsp3) is 0.227. The number of halogens is 2. The highest BCUT2D eigenvalue weighted by Gasteiger charge is 2.28. The van der Waals surface area contributed by atoms with E-state index < -0.39 is 29.4 Å². The van der Waals surface area contributed by atoms with E-state index in [1.54, 1.807) is 24.3 Å². The van der Waals surface area contributed by atoms with Gasteiger partial charge in [-0.1, -0.05) is 29.8 Å². The number of nitrogens with zero attached hydrogens (tertiary/aromatic N) is 2. The standard InChI is InChI=1S/C22H19ClFN3O3/c23-14-9-7-13(8-10-14)19-12-17(21(29)25-18-5-2-6-20(18)28)22(30)27(26-19)16-4-1-3-15(24)11-16/h1,3-4,7-12,18,20,28H,2,5-6H2,(H,25,29). The summed E-state index contributed by atoms with van der Waals surface area (Å²) in [7, 11) is 0. The number of aliphatic hydroxyl groups excluding tert-OH is 1. The van der Waals surface area contributed by atoms with Gasteiger partial charge in [0.1, 0.15) is 11.4 Å². The summed E-state index contributed by atoms with van der Waals surface area (Å²) in [5.74, 6) is -1.13. The minimum Gasteiger partial charge on any atom is -0.391 e. The van der Waals surface area contributed by atoms with Gasteiger partial charge in [-0.05, 0) is 55.7 Å². The van der Waals surface area contributed by atoms with Crippen LogP contribution >= 0.6 is 11.6 Å². The maximum Gasteiger partial charge on any atom is 0.284 e. The van der Waals surface area contributed by atoms with Crippen LogP contribution in [0.3, 0.4) is 0 Å². The predicted molar refractivity (Wildman–Crippen MR) is 111 cm³/mol. The molecule has 1 aliphatic rings. The van der Waals surface area contributed by atoms with Gasteiger partial charge in [0.15, 0.2) is 0 Å². The number of hydrogen-bond acceptors (Lipinski definition) is 4. The molecular weight excluding hydrogens is 409 g/mol. The second kappa shape index (κ2) is 8.38. The van der Waals surface area contributed by atoms with E-state index in [9.17, 15) is 19.1 Å². The van der Waals surface area contributed by atoms with Crippen LogP contribution in [0.4, 0.5) is 4.39 Å². The summed E-state index contributed by atoms with van der Waals surface area (Å²) >= 11 is 5.95. The van der Waals surface area contributed by atoms with Gasteiger partial charge in [0.05, 0.1) is 23.5 Å². The summed E-state index contributed by atoms with van der Waals surface area (Å²) in [4.78, 5) is 25.9. The topological polar surface area (TPSA) is 84.2 Å². The molecule has 0 aliphatic heterocycles. The van der Waals surface area contributed by atoms with Crippen LogP contribution in [0.15, 0.2) is 59.4 Å². The SMILES string of the molecule is O=C(NC1CCCC1O)c1cc(-c2ccc(Cl)cc2)nn(-c2cccc(F)c2)c1=O. The lowest BCUT2D eigenvalue weighted by Crippen LogP contribution is -2.42. The second-order valence-corrected chi connectivity index (χ2v) is 7.66. The van der Waals surface area contributed by atoms with Gasteiger partial charge in [-0.2, -0.15) is 9.78 Å². The summed E-state index contributed by atoms with van der Waals surface area (Å²) < 4.78 is 14.8. The van der Waals surface area contributed by atoms with Crippen LogP contribution in [0.5, 0.6) is 0 Å². The Morgan fingerprint density at radius 2 is 1.93 bits per heavy atom. The van der Waals surface area contributed by atoms with E-state index in [1.165, 1.54) is 30.3 Å². The molecule has 0 radical (unpaired) electrons. The van der Waals surface area contributed by atoms with Gasteiger partial charge in [-0.15, -0.1) is 0 Å². The van der Waals surface area contributed by atoms with Gasteiger partial charge >= 0.3 is 0 Å². The van der Waals surface area contributed by atoms with E-state index in [0.29, 0.717) is 29.1 Å². The van der Waals surface area contributed by atoms with E-state index in [-0.39, 0.29) is 11.3 Å². The minimum atomic E-state index is -0.677. The molecule has 30 heavy (non-hydrogen) atoms. The van der Waals surface area contributed by atoms with Gasteiger partial charge in [0.2, 0.25) is 0 Å². The molecule has 1 heterocycles. The molecule has 8 heteroatoms. The Kier molecular flexibility index (Phi) is 5.65. The van der Waals surface area contributed by atoms with Crippen LogP contribution < -0.4 is 10.9 Å². The van der Waals surface area contributed by atoms with Crippen molar-refractivity contribution in [3.05, 3.63) is 81.4 Å². The molecule has 2 unspecified atom stereocenters. The van der Waals surface area contributed by atoms with Crippen molar-refractivity contribution in [2.75, 3.05) is 0 Å². The number of aliphatic hydroxyl groups is 1. The lowest BCUT2D eigenvalue weighted by Gasteiger charge is -2.17. The Balaban J connectivity index is 1.82. The van der Waals surface area contributed by atoms with Crippen LogP contribution in [0.1, 0.15) is 29.6 Å². The van der Waals surface area contributed by atoms with Gasteiger partial charge in [-0.3, -0.25) is 9.59 Å². The molecule has 1 amide bonds. The maximum absolute atomic E-state index is 13.8. The number of rotatable bonds is 4. The third-order valence-electron chi connectivity index (χ3n) is 5.14. The lowest BCUT2D eigenvalue weighted by atomic mass is 10.1. The molecule has 1 fully saturated rings. The third kappa shape index (κ3) is 4.13. The monoisotopic (exact) mass is 427 g/mol. The van der Waals surface area contributed by atoms with Crippen LogP contribution in [-0.4, -0.2) is 32.9 Å². The second-order valence-electron chi connectivity index (χ2n) is 7.23. The van der Waals surface area contributed by atoms with Crippen LogP contribution in [0.2, 0.25) is 5.02 Å². The van der Waals surface area contributed by atoms with Gasteiger partial charge in [0.25, 0.3) is 11.5 Å². The van der Waals surface area contributed by atoms with E-state index in [0.717, 1.165) is 11.1 Å². The molecule has 2 atom stereocenters. The highest BCUT2D eigenvalue weighted by molar-refractivity contribution is 6.30. The first-order valence-corrected chi connectivity index (χ1v) is 9.95. The molecule has 1 saturated carbocycles. The first-order chi connectivity index (χ1) is 14.4. The van der Waals surface area contributed by atoms with E-state index in [1.807, 2.05) is 0 Å². The third-order valence-corrected chi connectivity index (χ3v) is 5.40. The highest BCUT2D eigenvalue weighted by Crippen LogP contribution is 2.22. The van der Waals surface area contributed by atoms with Crippen LogP contribution in [0.25, 0.3) is 16.9 Å². The van der Waals surface area contributed by atoms with Crippen molar-refractivity contribution in [1.29, 1.82) is 0 Å². The van der Waals surface area contributed by atoms with E-state index in [4.69, 9.17) is 11.6 Å². The number of benzene rings is 2. The van der Waals surface area contributed by atoms with Gasteiger partial charge in [-0.25, -0.2) is 4.39 Å². The van der Waals surface area contributed by atoms with Crippen molar-refractivity contribution in [2.45, 2.75) is 31.4 Å². The van der Waals surface area contributed by atoms with Crippen molar-refractivity contribution in [1.82, 2.24) is 15.1 Å². The van der Waals surface area contributed by atoms with Crippen molar-refractivity contribution in [3.8, 4) is 16.9 Å². The Hall–Kier alpha value is -3.03. The number of nitrogens with one attached hydrogen (secondary N) is 1. The molecule has 0 bridgehead atoms. The first kappa shape index (κ1) is 20.3. The number of aromatic nitrogens is 2. The predicted octanol–water partition coefficient (Wildman–Crippen LogP) is 3.34. The van der Waals surface area contributed by atoms with E-state index in [2.05, 4.69) is 10.4 Å². The average molecular weight is 428 g/mol. The molecule has 1 aliphatic carbocycles. The average Bonchev–Trinajstić information content (AvgIpc) is 3.13. The smallest absolute Gasteiger partial charge is 0.284 e. The lowest BCUT2D eigenvalue weighted by molar-refractivity contribution is 0.0871. The van der Waals surface area contributed by atoms with Crippen molar-refractivity contribution in [2.24, 2.45) is 0 Å². The quantitative estimate of drug-likeness (QED) is 0.669. The summed E-state index contributed by atoms with van der Waals surface area (Å²) in [6.45, 7) is 0. The van der Waals surface area contributed by atoms with Gasteiger partial charge in [0, 0.05) is 10.6 Å². The van der Waals surface area contributed by atoms with Crippen LogP contribution in [0, 0.1) is 5.82 Å². The van der Waals surface area contributed by atoms with Crippen molar-refractivity contribution in [3.63, 3.8) is 0 Å². The molecule has 0 saturated heterocycles. The fourth-order valence-corrected chi connectivity index (χ4v) is 3.68. The van der Waals surface area contributed by atoms with Gasteiger partial charge < -0.3 is 10.4 Å². The van der Waals surface area contributed by atoms with Crippen molar-refractivity contribution >= 4 is 17.5 Å². The first-order valence-electron chi connectivity index (χ1n) is 9.57. The number of hydrogen-bond donors (Lipinski definition) is 2. The normalized spacial score (nSPS) is 18.4. The zero-order chi connectivity index (χ0) is 21.3. The van der Waals surface area contributed by atoms with Crippen LogP contribution in [-0.2, 0) is 0 Å². The number of amides is 1. The summed E-state index contributed by atoms with van der Waals surface area (Å²) in [6, 6.07) is 13.2. The van der Waals surface area contributed by atoms with E-state index >= 15 is 0 Å². The summed E-state index contributed by atoms with van der Waals surface area (Å²) in [6.07, 6.45) is 1.40. The maximum atomic E-state index is 13.8. The number of carbonyl (C=O) groups excluding carboxylic acids is 1. The molecule has 0 spiro atoms. The zero-order valence-corrected chi connectivity index (χ0v) is 16.6. The fourth-order valence-electron chi connectivity index (χ4n) is 3.56. The zero-order valence-electron chi connectivity index (χ0n) is 15.9. The Morgan fingerprint density at radius 1 is 1.17 bits per heavy atom. The molecular formula is C22H19ClFN3O3. The minimum absolute atomic E-state index is 0.140. The molecule has 2 N–H and O–H groups in total. The van der Waals surface area contributed by atoms with Crippen molar-refractivity contribution < 1.29 is 14.3 Å². The molecule has 2 aromatic carbocycles. The molecule has 4 rings (SSSR count). The Bertz CT molecular complexity index is 1150. The Labute approximate surface area is 176 Å². The summed E-state index contributed by atoms with van der Waals surface area (Å²) in [5, 5.41) is 17.6. The highest BCUT2D eigenvalue weighted by atomic mass is 35.5. The molecule has 154 valence electrons. The molecule has 3 aromatic rings. The molecule has 1 aromatic heterocycles. The largest absolute Gasteiger partial charge is 0.391 e.